The lowest BCUT2D eigenvalue weighted by Crippen LogP contribution is -2.49. The van der Waals surface area contributed by atoms with E-state index in [1.165, 1.54) is 7.11 Å². The third-order valence-electron chi connectivity index (χ3n) is 6.25. The summed E-state index contributed by atoms with van der Waals surface area (Å²) in [6.07, 6.45) is 5.65. The van der Waals surface area contributed by atoms with Crippen molar-refractivity contribution in [3.63, 3.8) is 0 Å². The van der Waals surface area contributed by atoms with Gasteiger partial charge in [0.05, 0.1) is 12.5 Å². The van der Waals surface area contributed by atoms with Gasteiger partial charge in [0.1, 0.15) is 5.82 Å². The van der Waals surface area contributed by atoms with Crippen LogP contribution in [0, 0.1) is 5.41 Å². The Morgan fingerprint density at radius 1 is 1.04 bits per heavy atom. The molecule has 0 N–H and O–H groups in total. The molecular formula is C19H23N3O2. The molecule has 5 heteroatoms. The van der Waals surface area contributed by atoms with Gasteiger partial charge in [0, 0.05) is 18.0 Å². The fourth-order valence-electron chi connectivity index (χ4n) is 4.67. The van der Waals surface area contributed by atoms with Crippen LogP contribution in [0.25, 0.3) is 11.4 Å². The number of esters is 1. The van der Waals surface area contributed by atoms with Crippen LogP contribution < -0.4 is 0 Å². The van der Waals surface area contributed by atoms with Crippen LogP contribution in [0.15, 0.2) is 30.3 Å². The van der Waals surface area contributed by atoms with Gasteiger partial charge >= 0.3 is 5.97 Å². The molecule has 24 heavy (non-hydrogen) atoms. The molecule has 5 rings (SSSR count). The molecule has 1 aromatic heterocycles. The Bertz CT molecular complexity index is 742. The quantitative estimate of drug-likeness (QED) is 0.813. The molecule has 1 heterocycles. The molecule has 0 aliphatic heterocycles. The molecule has 126 valence electrons. The first-order chi connectivity index (χ1) is 11.6. The Labute approximate surface area is 142 Å². The molecule has 2 bridgehead atoms. The second-order valence-electron chi connectivity index (χ2n) is 7.32. The highest BCUT2D eigenvalue weighted by Gasteiger charge is 2.55. The van der Waals surface area contributed by atoms with E-state index < -0.39 is 0 Å². The zero-order valence-corrected chi connectivity index (χ0v) is 14.3. The van der Waals surface area contributed by atoms with E-state index in [2.05, 4.69) is 33.9 Å². The van der Waals surface area contributed by atoms with Gasteiger partial charge < -0.3 is 9.30 Å². The monoisotopic (exact) mass is 325 g/mol. The van der Waals surface area contributed by atoms with Crippen molar-refractivity contribution >= 4 is 5.97 Å². The number of fused-ring (bicyclic) bond motifs is 3. The van der Waals surface area contributed by atoms with E-state index in [9.17, 15) is 4.79 Å². The molecule has 0 unspecified atom stereocenters. The molecule has 3 aliphatic carbocycles. The van der Waals surface area contributed by atoms with Crippen molar-refractivity contribution in [3.8, 4) is 11.4 Å². The molecule has 0 radical (unpaired) electrons. The van der Waals surface area contributed by atoms with Crippen molar-refractivity contribution < 1.29 is 9.53 Å². The number of ether oxygens (including phenoxy) is 1. The maximum absolute atomic E-state index is 12.2. The second kappa shape index (κ2) is 5.43. The lowest BCUT2D eigenvalue weighted by molar-refractivity contribution is -0.160. The standard InChI is InChI=1S/C19H23N3O2/c1-22-15(14-6-4-3-5-7-14)20-21-16(22)18-8-11-19(12-9-18,13-10-18)17(23)24-2/h3-7H,8-13H2,1-2H3. The smallest absolute Gasteiger partial charge is 0.311 e. The van der Waals surface area contributed by atoms with Crippen LogP contribution in [0.3, 0.4) is 0 Å². The Morgan fingerprint density at radius 2 is 1.67 bits per heavy atom. The average molecular weight is 325 g/mol. The summed E-state index contributed by atoms with van der Waals surface area (Å²) in [7, 11) is 3.56. The van der Waals surface area contributed by atoms with E-state index in [0.717, 1.165) is 55.7 Å². The summed E-state index contributed by atoms with van der Waals surface area (Å²) in [6.45, 7) is 0. The van der Waals surface area contributed by atoms with E-state index in [0.29, 0.717) is 0 Å². The number of carbonyl (C=O) groups is 1. The molecular weight excluding hydrogens is 302 g/mol. The minimum atomic E-state index is -0.253. The highest BCUT2D eigenvalue weighted by molar-refractivity contribution is 5.77. The van der Waals surface area contributed by atoms with Crippen molar-refractivity contribution in [1.82, 2.24) is 14.8 Å². The van der Waals surface area contributed by atoms with Crippen molar-refractivity contribution in [1.29, 1.82) is 0 Å². The first-order valence-electron chi connectivity index (χ1n) is 8.64. The fourth-order valence-corrected chi connectivity index (χ4v) is 4.67. The molecule has 1 aromatic carbocycles. The molecule has 0 saturated heterocycles. The fraction of sp³-hybridized carbons (Fsp3) is 0.526. The summed E-state index contributed by atoms with van der Waals surface area (Å²) in [5.41, 5.74) is 0.896. The third-order valence-corrected chi connectivity index (χ3v) is 6.25. The maximum atomic E-state index is 12.2. The lowest BCUT2D eigenvalue weighted by Gasteiger charge is -2.51. The number of carbonyl (C=O) groups excluding carboxylic acids is 1. The van der Waals surface area contributed by atoms with E-state index >= 15 is 0 Å². The average Bonchev–Trinajstić information content (AvgIpc) is 3.05. The van der Waals surface area contributed by atoms with Gasteiger partial charge in [-0.05, 0) is 38.5 Å². The summed E-state index contributed by atoms with van der Waals surface area (Å²) in [5, 5.41) is 9.03. The zero-order valence-electron chi connectivity index (χ0n) is 14.3. The van der Waals surface area contributed by atoms with Gasteiger partial charge in [-0.25, -0.2) is 0 Å². The lowest BCUT2D eigenvalue weighted by atomic mass is 9.53. The minimum absolute atomic E-state index is 0.0289. The van der Waals surface area contributed by atoms with Crippen LogP contribution in [-0.2, 0) is 22.0 Å². The topological polar surface area (TPSA) is 57.0 Å². The van der Waals surface area contributed by atoms with E-state index in [-0.39, 0.29) is 16.8 Å². The first-order valence-corrected chi connectivity index (χ1v) is 8.64. The Balaban J connectivity index is 1.65. The first kappa shape index (κ1) is 15.4. The molecule has 0 atom stereocenters. The van der Waals surface area contributed by atoms with Crippen molar-refractivity contribution in [2.75, 3.05) is 7.11 Å². The highest BCUT2D eigenvalue weighted by atomic mass is 16.5. The number of hydrogen-bond donors (Lipinski definition) is 0. The number of benzene rings is 1. The van der Waals surface area contributed by atoms with Gasteiger partial charge in [-0.1, -0.05) is 30.3 Å². The summed E-state index contributed by atoms with van der Waals surface area (Å²) in [4.78, 5) is 12.2. The van der Waals surface area contributed by atoms with Crippen LogP contribution >= 0.6 is 0 Å². The number of methoxy groups -OCH3 is 1. The van der Waals surface area contributed by atoms with Crippen LogP contribution in [0.5, 0.6) is 0 Å². The predicted octanol–water partition coefficient (Wildman–Crippen LogP) is 3.25. The van der Waals surface area contributed by atoms with Crippen molar-refractivity contribution in [2.45, 2.75) is 43.9 Å². The highest BCUT2D eigenvalue weighted by Crippen LogP contribution is 2.57. The number of aromatic nitrogens is 3. The number of hydrogen-bond acceptors (Lipinski definition) is 4. The largest absolute Gasteiger partial charge is 0.469 e. The Kier molecular flexibility index (Phi) is 3.48. The predicted molar refractivity (Wildman–Crippen MR) is 90.3 cm³/mol. The van der Waals surface area contributed by atoms with Gasteiger partial charge in [-0.15, -0.1) is 10.2 Å². The molecule has 3 saturated carbocycles. The third kappa shape index (κ3) is 2.10. The van der Waals surface area contributed by atoms with Gasteiger partial charge in [0.15, 0.2) is 5.82 Å². The summed E-state index contributed by atoms with van der Waals surface area (Å²) >= 11 is 0. The van der Waals surface area contributed by atoms with Crippen molar-refractivity contribution in [2.24, 2.45) is 12.5 Å². The summed E-state index contributed by atoms with van der Waals surface area (Å²) < 4.78 is 7.21. The molecule has 5 nitrogen and oxygen atoms in total. The van der Waals surface area contributed by atoms with E-state index in [4.69, 9.17) is 4.74 Å². The molecule has 3 fully saturated rings. The van der Waals surface area contributed by atoms with Gasteiger partial charge in [0.2, 0.25) is 0 Å². The van der Waals surface area contributed by atoms with Crippen molar-refractivity contribution in [3.05, 3.63) is 36.2 Å². The number of rotatable bonds is 3. The molecule has 0 spiro atoms. The normalized spacial score (nSPS) is 28.8. The van der Waals surface area contributed by atoms with Gasteiger partial charge in [-0.3, -0.25) is 4.79 Å². The Morgan fingerprint density at radius 3 is 2.25 bits per heavy atom. The van der Waals surface area contributed by atoms with Crippen LogP contribution in [0.2, 0.25) is 0 Å². The number of nitrogens with zero attached hydrogens (tertiary/aromatic N) is 3. The SMILES string of the molecule is COC(=O)C12CCC(c3nnc(-c4ccccc4)n3C)(CC1)CC2. The summed E-state index contributed by atoms with van der Waals surface area (Å²) in [5.74, 6) is 1.95. The molecule has 2 aromatic rings. The van der Waals surface area contributed by atoms with Crippen LogP contribution in [0.4, 0.5) is 0 Å². The van der Waals surface area contributed by atoms with E-state index in [1.54, 1.807) is 0 Å². The van der Waals surface area contributed by atoms with Gasteiger partial charge in [0.25, 0.3) is 0 Å². The second-order valence-corrected chi connectivity index (χ2v) is 7.32. The van der Waals surface area contributed by atoms with Gasteiger partial charge in [-0.2, -0.15) is 0 Å². The maximum Gasteiger partial charge on any atom is 0.311 e. The molecule has 0 amide bonds. The Hall–Kier alpha value is -2.17. The molecule has 3 aliphatic rings. The minimum Gasteiger partial charge on any atom is -0.469 e. The van der Waals surface area contributed by atoms with Crippen LogP contribution in [0.1, 0.15) is 44.3 Å². The summed E-state index contributed by atoms with van der Waals surface area (Å²) in [6, 6.07) is 10.2. The van der Waals surface area contributed by atoms with Crippen LogP contribution in [-0.4, -0.2) is 27.8 Å². The zero-order chi connectivity index (χ0) is 16.8. The van der Waals surface area contributed by atoms with E-state index in [1.807, 2.05) is 18.2 Å².